The first-order valence-corrected chi connectivity index (χ1v) is 7.49. The van der Waals surface area contributed by atoms with Gasteiger partial charge in [-0.05, 0) is 39.2 Å². The average molecular weight is 267 g/mol. The molecule has 0 radical (unpaired) electrons. The van der Waals surface area contributed by atoms with E-state index in [9.17, 15) is 9.59 Å². The second-order valence-electron chi connectivity index (χ2n) is 5.55. The molecule has 2 saturated heterocycles. The number of likely N-dealkylation sites (tertiary alicyclic amines) is 1. The number of carbonyl (C=O) groups is 2. The lowest BCUT2D eigenvalue weighted by Gasteiger charge is -2.32. The zero-order chi connectivity index (χ0) is 13.7. The number of hydrogen-bond acceptors (Lipinski definition) is 3. The van der Waals surface area contributed by atoms with Gasteiger partial charge in [-0.1, -0.05) is 0 Å². The molecule has 2 rings (SSSR count). The monoisotopic (exact) mass is 267 g/mol. The van der Waals surface area contributed by atoms with Crippen LogP contribution in [0.1, 0.15) is 39.0 Å². The molecule has 2 amide bonds. The molecule has 1 unspecified atom stereocenters. The summed E-state index contributed by atoms with van der Waals surface area (Å²) in [6.45, 7) is 5.12. The molecular formula is C14H25N3O2. The standard InChI is InChI=1S/C14H25N3O2/c1-2-15-14(19)11-5-8-17(9-6-11)13(18)10-12-4-3-7-16-12/h11-12,16H,2-10H2,1H3,(H,15,19). The number of carbonyl (C=O) groups excluding carboxylic acids is 2. The van der Waals surface area contributed by atoms with Crippen LogP contribution in [-0.2, 0) is 9.59 Å². The third-order valence-corrected chi connectivity index (χ3v) is 4.15. The van der Waals surface area contributed by atoms with Gasteiger partial charge in [0.05, 0.1) is 0 Å². The Hall–Kier alpha value is -1.10. The third-order valence-electron chi connectivity index (χ3n) is 4.15. The molecule has 0 aromatic rings. The lowest BCUT2D eigenvalue weighted by Crippen LogP contribution is -2.44. The molecule has 0 saturated carbocycles. The molecule has 2 aliphatic rings. The number of piperidine rings is 1. The molecule has 2 fully saturated rings. The molecule has 5 nitrogen and oxygen atoms in total. The van der Waals surface area contributed by atoms with Gasteiger partial charge in [-0.3, -0.25) is 9.59 Å². The quantitative estimate of drug-likeness (QED) is 0.780. The Morgan fingerprint density at radius 3 is 2.58 bits per heavy atom. The topological polar surface area (TPSA) is 61.4 Å². The molecule has 5 heteroatoms. The van der Waals surface area contributed by atoms with Gasteiger partial charge >= 0.3 is 0 Å². The number of nitrogens with one attached hydrogen (secondary N) is 2. The molecule has 0 bridgehead atoms. The molecule has 108 valence electrons. The van der Waals surface area contributed by atoms with Gasteiger partial charge in [0.25, 0.3) is 0 Å². The lowest BCUT2D eigenvalue weighted by atomic mass is 9.95. The van der Waals surface area contributed by atoms with Crippen molar-refractivity contribution in [1.29, 1.82) is 0 Å². The Labute approximate surface area is 115 Å². The van der Waals surface area contributed by atoms with E-state index in [-0.39, 0.29) is 17.7 Å². The van der Waals surface area contributed by atoms with Crippen LogP contribution in [0.4, 0.5) is 0 Å². The van der Waals surface area contributed by atoms with Crippen molar-refractivity contribution in [3.63, 3.8) is 0 Å². The number of nitrogens with zero attached hydrogens (tertiary/aromatic N) is 1. The fraction of sp³-hybridized carbons (Fsp3) is 0.857. The SMILES string of the molecule is CCNC(=O)C1CCN(C(=O)CC2CCCN2)CC1. The molecule has 2 N–H and O–H groups in total. The van der Waals surface area contributed by atoms with E-state index in [1.54, 1.807) is 0 Å². The highest BCUT2D eigenvalue weighted by atomic mass is 16.2. The summed E-state index contributed by atoms with van der Waals surface area (Å²) in [4.78, 5) is 25.8. The van der Waals surface area contributed by atoms with E-state index in [0.29, 0.717) is 19.0 Å². The molecule has 19 heavy (non-hydrogen) atoms. The fourth-order valence-electron chi connectivity index (χ4n) is 2.98. The zero-order valence-electron chi connectivity index (χ0n) is 11.8. The normalized spacial score (nSPS) is 24.5. The predicted octanol–water partition coefficient (Wildman–Crippen LogP) is 0.503. The summed E-state index contributed by atoms with van der Waals surface area (Å²) >= 11 is 0. The molecule has 0 spiro atoms. The van der Waals surface area contributed by atoms with Gasteiger partial charge in [-0.15, -0.1) is 0 Å². The molecular weight excluding hydrogens is 242 g/mol. The van der Waals surface area contributed by atoms with Crippen LogP contribution in [-0.4, -0.2) is 48.9 Å². The first kappa shape index (κ1) is 14.3. The Kier molecular flexibility index (Phi) is 5.19. The smallest absolute Gasteiger partial charge is 0.224 e. The van der Waals surface area contributed by atoms with Gasteiger partial charge in [-0.2, -0.15) is 0 Å². The van der Waals surface area contributed by atoms with E-state index >= 15 is 0 Å². The highest BCUT2D eigenvalue weighted by molar-refractivity contribution is 5.80. The van der Waals surface area contributed by atoms with E-state index in [4.69, 9.17) is 0 Å². The van der Waals surface area contributed by atoms with Crippen molar-refractivity contribution in [2.75, 3.05) is 26.2 Å². The maximum Gasteiger partial charge on any atom is 0.224 e. The highest BCUT2D eigenvalue weighted by Gasteiger charge is 2.28. The number of hydrogen-bond donors (Lipinski definition) is 2. The van der Waals surface area contributed by atoms with E-state index in [1.807, 2.05) is 11.8 Å². The van der Waals surface area contributed by atoms with Gasteiger partial charge in [-0.25, -0.2) is 0 Å². The van der Waals surface area contributed by atoms with Crippen LogP contribution in [0, 0.1) is 5.92 Å². The van der Waals surface area contributed by atoms with Crippen LogP contribution in [0.2, 0.25) is 0 Å². The van der Waals surface area contributed by atoms with Crippen molar-refractivity contribution >= 4 is 11.8 Å². The predicted molar refractivity (Wildman–Crippen MR) is 73.6 cm³/mol. The maximum absolute atomic E-state index is 12.1. The van der Waals surface area contributed by atoms with E-state index in [2.05, 4.69) is 10.6 Å². The van der Waals surface area contributed by atoms with Crippen LogP contribution in [0.3, 0.4) is 0 Å². The van der Waals surface area contributed by atoms with Crippen molar-refractivity contribution in [3.8, 4) is 0 Å². The van der Waals surface area contributed by atoms with Crippen molar-refractivity contribution in [1.82, 2.24) is 15.5 Å². The summed E-state index contributed by atoms with van der Waals surface area (Å²) < 4.78 is 0. The summed E-state index contributed by atoms with van der Waals surface area (Å²) in [6, 6.07) is 0.369. The van der Waals surface area contributed by atoms with Crippen LogP contribution in [0.5, 0.6) is 0 Å². The van der Waals surface area contributed by atoms with Crippen LogP contribution in [0.25, 0.3) is 0 Å². The largest absolute Gasteiger partial charge is 0.356 e. The van der Waals surface area contributed by atoms with E-state index in [1.165, 1.54) is 6.42 Å². The lowest BCUT2D eigenvalue weighted by molar-refractivity contribution is -0.136. The van der Waals surface area contributed by atoms with Crippen LogP contribution in [0.15, 0.2) is 0 Å². The maximum atomic E-state index is 12.1. The minimum absolute atomic E-state index is 0.0913. The Bertz CT molecular complexity index is 319. The molecule has 0 aromatic heterocycles. The summed E-state index contributed by atoms with van der Waals surface area (Å²) in [5.74, 6) is 0.481. The summed E-state index contributed by atoms with van der Waals surface area (Å²) in [7, 11) is 0. The molecule has 1 atom stereocenters. The third kappa shape index (κ3) is 3.93. The average Bonchev–Trinajstić information content (AvgIpc) is 2.92. The molecule has 0 aromatic carbocycles. The summed E-state index contributed by atoms with van der Waals surface area (Å²) in [5, 5.41) is 6.22. The Morgan fingerprint density at radius 2 is 2.00 bits per heavy atom. The van der Waals surface area contributed by atoms with Gasteiger partial charge in [0.2, 0.25) is 11.8 Å². The van der Waals surface area contributed by atoms with Crippen molar-refractivity contribution in [2.24, 2.45) is 5.92 Å². The Balaban J connectivity index is 1.72. The van der Waals surface area contributed by atoms with Crippen molar-refractivity contribution in [2.45, 2.75) is 45.1 Å². The first-order valence-electron chi connectivity index (χ1n) is 7.49. The van der Waals surface area contributed by atoms with E-state index in [0.717, 1.165) is 38.9 Å². The second-order valence-corrected chi connectivity index (χ2v) is 5.55. The van der Waals surface area contributed by atoms with Gasteiger partial charge in [0.15, 0.2) is 0 Å². The summed E-state index contributed by atoms with van der Waals surface area (Å²) in [6.07, 6.45) is 4.51. The Morgan fingerprint density at radius 1 is 1.26 bits per heavy atom. The van der Waals surface area contributed by atoms with Crippen LogP contribution >= 0.6 is 0 Å². The number of rotatable bonds is 4. The molecule has 2 aliphatic heterocycles. The minimum atomic E-state index is 0.0913. The number of amides is 2. The van der Waals surface area contributed by atoms with E-state index < -0.39 is 0 Å². The van der Waals surface area contributed by atoms with Crippen LogP contribution < -0.4 is 10.6 Å². The minimum Gasteiger partial charge on any atom is -0.356 e. The molecule has 2 heterocycles. The van der Waals surface area contributed by atoms with Gasteiger partial charge in [0, 0.05) is 38.0 Å². The first-order chi connectivity index (χ1) is 9.20. The molecule has 0 aliphatic carbocycles. The van der Waals surface area contributed by atoms with Gasteiger partial charge in [0.1, 0.15) is 0 Å². The second kappa shape index (κ2) is 6.89. The van der Waals surface area contributed by atoms with Gasteiger partial charge < -0.3 is 15.5 Å². The van der Waals surface area contributed by atoms with Crippen molar-refractivity contribution < 1.29 is 9.59 Å². The van der Waals surface area contributed by atoms with Crippen molar-refractivity contribution in [3.05, 3.63) is 0 Å². The fourth-order valence-corrected chi connectivity index (χ4v) is 2.98. The highest BCUT2D eigenvalue weighted by Crippen LogP contribution is 2.19. The summed E-state index contributed by atoms with van der Waals surface area (Å²) in [5.41, 5.74) is 0. The zero-order valence-corrected chi connectivity index (χ0v) is 11.8.